The average molecular weight is 369 g/mol. The molecule has 1 amide bonds. The number of ether oxygens (including phenoxy) is 2. The van der Waals surface area contributed by atoms with Crippen LogP contribution in [0.3, 0.4) is 0 Å². The number of aryl methyl sites for hydroxylation is 1. The first-order valence-electron chi connectivity index (χ1n) is 9.47. The van der Waals surface area contributed by atoms with Crippen molar-refractivity contribution in [1.29, 1.82) is 0 Å². The highest BCUT2D eigenvalue weighted by atomic mass is 16.6. The fraction of sp³-hybridized carbons (Fsp3) is 0.524. The summed E-state index contributed by atoms with van der Waals surface area (Å²) in [5.41, 5.74) is 1.33. The quantitative estimate of drug-likeness (QED) is 0.764. The molecule has 0 radical (unpaired) electrons. The van der Waals surface area contributed by atoms with Crippen LogP contribution in [0.5, 0.6) is 5.75 Å². The van der Waals surface area contributed by atoms with Crippen LogP contribution in [0.1, 0.15) is 43.4 Å². The maximum atomic E-state index is 12.3. The van der Waals surface area contributed by atoms with Crippen molar-refractivity contribution in [3.8, 4) is 5.75 Å². The normalized spacial score (nSPS) is 35.1. The zero-order valence-corrected chi connectivity index (χ0v) is 15.7. The summed E-state index contributed by atoms with van der Waals surface area (Å²) in [5, 5.41) is 12.0. The van der Waals surface area contributed by atoms with Gasteiger partial charge in [-0.3, -0.25) is 9.59 Å². The maximum absolute atomic E-state index is 12.3. The number of rotatable bonds is 1. The van der Waals surface area contributed by atoms with E-state index in [9.17, 15) is 14.7 Å². The number of nitrogens with zero attached hydrogens (tertiary/aromatic N) is 1. The van der Waals surface area contributed by atoms with Crippen LogP contribution in [-0.4, -0.2) is 46.2 Å². The first kappa shape index (κ1) is 16.8. The molecule has 6 heteroatoms. The topological polar surface area (TPSA) is 76.1 Å². The molecule has 27 heavy (non-hydrogen) atoms. The second kappa shape index (κ2) is 5.13. The number of hydrogen-bond donors (Lipinski definition) is 1. The van der Waals surface area contributed by atoms with Gasteiger partial charge in [0.1, 0.15) is 17.1 Å². The van der Waals surface area contributed by atoms with Crippen molar-refractivity contribution in [2.24, 2.45) is 0 Å². The summed E-state index contributed by atoms with van der Waals surface area (Å²) in [5.74, 6) is 0.855. The van der Waals surface area contributed by atoms with Crippen LogP contribution in [0.15, 0.2) is 24.0 Å². The maximum Gasteiger partial charge on any atom is 0.307 e. The number of piperidine rings is 1. The fourth-order valence-corrected chi connectivity index (χ4v) is 5.92. The van der Waals surface area contributed by atoms with E-state index in [1.807, 2.05) is 13.0 Å². The Bertz CT molecular complexity index is 921. The summed E-state index contributed by atoms with van der Waals surface area (Å²) in [7, 11) is 0. The van der Waals surface area contributed by atoms with Gasteiger partial charge in [-0.05, 0) is 37.0 Å². The number of amides is 1. The zero-order valence-electron chi connectivity index (χ0n) is 15.7. The van der Waals surface area contributed by atoms with Crippen molar-refractivity contribution in [1.82, 2.24) is 4.90 Å². The van der Waals surface area contributed by atoms with E-state index in [0.717, 1.165) is 22.4 Å². The first-order chi connectivity index (χ1) is 12.8. The standard InChI is InChI=1S/C21H23NO5/c1-11-4-5-14-10-16-21(25)7-6-15(26-13(3)24)19-20(21,17(14)18(11)27-19)8-9-22(16)12(2)23/h4-6,16,19,25H,7-10H2,1-3H3/t16-,19+,20+,21-/m0/s1. The second-order valence-corrected chi connectivity index (χ2v) is 8.23. The number of benzene rings is 1. The molecular formula is C21H23NO5. The number of hydrogen-bond acceptors (Lipinski definition) is 5. The summed E-state index contributed by atoms with van der Waals surface area (Å²) < 4.78 is 11.9. The monoisotopic (exact) mass is 369 g/mol. The van der Waals surface area contributed by atoms with Gasteiger partial charge in [-0.2, -0.15) is 0 Å². The Morgan fingerprint density at radius 3 is 2.81 bits per heavy atom. The van der Waals surface area contributed by atoms with Crippen molar-refractivity contribution in [3.05, 3.63) is 40.7 Å². The van der Waals surface area contributed by atoms with E-state index in [1.165, 1.54) is 6.92 Å². The smallest absolute Gasteiger partial charge is 0.307 e. The van der Waals surface area contributed by atoms with Crippen LogP contribution in [0.4, 0.5) is 0 Å². The lowest BCUT2D eigenvalue weighted by Gasteiger charge is -2.61. The third-order valence-corrected chi connectivity index (χ3v) is 6.97. The minimum Gasteiger partial charge on any atom is -0.481 e. The van der Waals surface area contributed by atoms with E-state index >= 15 is 0 Å². The number of carbonyl (C=O) groups excluding carboxylic acids is 2. The minimum atomic E-state index is -1.14. The summed E-state index contributed by atoms with van der Waals surface area (Å²) in [6.45, 7) is 5.49. The molecule has 6 nitrogen and oxygen atoms in total. The molecule has 1 aromatic rings. The molecule has 2 bridgehead atoms. The molecule has 5 rings (SSSR count). The highest BCUT2D eigenvalue weighted by molar-refractivity contribution is 5.75. The van der Waals surface area contributed by atoms with Crippen LogP contribution in [0.2, 0.25) is 0 Å². The van der Waals surface area contributed by atoms with Crippen LogP contribution in [-0.2, 0) is 26.2 Å². The van der Waals surface area contributed by atoms with Gasteiger partial charge in [-0.25, -0.2) is 0 Å². The van der Waals surface area contributed by atoms with Crippen molar-refractivity contribution >= 4 is 11.9 Å². The highest BCUT2D eigenvalue weighted by Gasteiger charge is 2.72. The summed E-state index contributed by atoms with van der Waals surface area (Å²) in [6.07, 6.45) is 2.73. The molecule has 2 aliphatic carbocycles. The van der Waals surface area contributed by atoms with Gasteiger partial charge in [0.05, 0.1) is 11.5 Å². The number of esters is 1. The van der Waals surface area contributed by atoms with E-state index < -0.39 is 23.1 Å². The van der Waals surface area contributed by atoms with Gasteiger partial charge in [-0.15, -0.1) is 0 Å². The van der Waals surface area contributed by atoms with E-state index in [1.54, 1.807) is 17.9 Å². The molecule has 2 heterocycles. The second-order valence-electron chi connectivity index (χ2n) is 8.23. The Labute approximate surface area is 157 Å². The van der Waals surface area contributed by atoms with E-state index in [0.29, 0.717) is 31.6 Å². The van der Waals surface area contributed by atoms with Gasteiger partial charge < -0.3 is 19.5 Å². The lowest BCUT2D eigenvalue weighted by Crippen LogP contribution is -2.75. The Morgan fingerprint density at radius 2 is 2.11 bits per heavy atom. The molecule has 4 atom stereocenters. The predicted octanol–water partition coefficient (Wildman–Crippen LogP) is 1.75. The minimum absolute atomic E-state index is 0.0238. The largest absolute Gasteiger partial charge is 0.481 e. The van der Waals surface area contributed by atoms with Crippen LogP contribution in [0.25, 0.3) is 0 Å². The average Bonchev–Trinajstić information content (AvgIpc) is 2.94. The van der Waals surface area contributed by atoms with Gasteiger partial charge in [0.2, 0.25) is 5.91 Å². The highest BCUT2D eigenvalue weighted by Crippen LogP contribution is 2.64. The summed E-state index contributed by atoms with van der Waals surface area (Å²) >= 11 is 0. The number of carbonyl (C=O) groups is 2. The fourth-order valence-electron chi connectivity index (χ4n) is 5.92. The summed E-state index contributed by atoms with van der Waals surface area (Å²) in [4.78, 5) is 25.7. The van der Waals surface area contributed by atoms with Crippen molar-refractivity contribution in [3.63, 3.8) is 0 Å². The van der Waals surface area contributed by atoms with E-state index in [2.05, 4.69) is 6.07 Å². The molecule has 1 spiro atoms. The molecule has 0 saturated carbocycles. The number of aliphatic hydroxyl groups is 1. The molecule has 0 unspecified atom stereocenters. The van der Waals surface area contributed by atoms with Crippen LogP contribution < -0.4 is 4.74 Å². The zero-order chi connectivity index (χ0) is 19.1. The Balaban J connectivity index is 1.78. The Hall–Kier alpha value is -2.34. The molecule has 1 N–H and O–H groups in total. The lowest BCUT2D eigenvalue weighted by atomic mass is 9.50. The molecular weight excluding hydrogens is 346 g/mol. The van der Waals surface area contributed by atoms with Crippen molar-refractivity contribution in [2.45, 2.75) is 63.2 Å². The molecule has 4 aliphatic rings. The van der Waals surface area contributed by atoms with E-state index in [4.69, 9.17) is 9.47 Å². The Morgan fingerprint density at radius 1 is 1.33 bits per heavy atom. The van der Waals surface area contributed by atoms with Crippen molar-refractivity contribution < 1.29 is 24.2 Å². The lowest BCUT2D eigenvalue weighted by molar-refractivity contribution is -0.180. The summed E-state index contributed by atoms with van der Waals surface area (Å²) in [6, 6.07) is 3.79. The van der Waals surface area contributed by atoms with Crippen LogP contribution in [0, 0.1) is 6.92 Å². The van der Waals surface area contributed by atoms with Crippen LogP contribution >= 0.6 is 0 Å². The third-order valence-electron chi connectivity index (χ3n) is 6.97. The molecule has 1 saturated heterocycles. The number of likely N-dealkylation sites (tertiary alicyclic amines) is 1. The van der Waals surface area contributed by atoms with Gasteiger partial charge in [-0.1, -0.05) is 12.1 Å². The molecule has 2 aliphatic heterocycles. The van der Waals surface area contributed by atoms with Gasteiger partial charge in [0.15, 0.2) is 6.10 Å². The Kier molecular flexibility index (Phi) is 3.19. The van der Waals surface area contributed by atoms with Gasteiger partial charge in [0.25, 0.3) is 0 Å². The van der Waals surface area contributed by atoms with Gasteiger partial charge >= 0.3 is 5.97 Å². The van der Waals surface area contributed by atoms with Gasteiger partial charge in [0, 0.05) is 32.4 Å². The third kappa shape index (κ3) is 1.84. The molecule has 1 aromatic carbocycles. The molecule has 0 aromatic heterocycles. The van der Waals surface area contributed by atoms with E-state index in [-0.39, 0.29) is 11.9 Å². The van der Waals surface area contributed by atoms with Crippen molar-refractivity contribution in [2.75, 3.05) is 6.54 Å². The SMILES string of the molecule is CC(=O)OC1=CC[C@]2(O)[C@@H]3Cc4ccc(C)c5c4[C@]2(CCN3C(C)=O)[C@@H]1O5. The first-order valence-corrected chi connectivity index (χ1v) is 9.47. The predicted molar refractivity (Wildman–Crippen MR) is 96.2 cm³/mol. The molecule has 142 valence electrons. The molecule has 1 fully saturated rings.